The number of amides is 1. The Hall–Kier alpha value is -3.54. The van der Waals surface area contributed by atoms with Crippen molar-refractivity contribution in [1.29, 1.82) is 0 Å². The van der Waals surface area contributed by atoms with Gasteiger partial charge >= 0.3 is 0 Å². The average molecular weight is 517 g/mol. The summed E-state index contributed by atoms with van der Waals surface area (Å²) in [6.45, 7) is 7.45. The highest BCUT2D eigenvalue weighted by Crippen LogP contribution is 2.28. The Morgan fingerprint density at radius 1 is 0.917 bits per heavy atom. The fraction of sp³-hybridized carbons (Fsp3) is 0.172. The van der Waals surface area contributed by atoms with E-state index in [-0.39, 0.29) is 5.91 Å². The van der Waals surface area contributed by atoms with Crippen LogP contribution in [0.4, 0.5) is 5.82 Å². The molecule has 0 bridgehead atoms. The van der Waals surface area contributed by atoms with Gasteiger partial charge in [-0.3, -0.25) is 9.48 Å². The fourth-order valence-corrected chi connectivity index (χ4v) is 4.96. The van der Waals surface area contributed by atoms with Crippen molar-refractivity contribution in [2.75, 3.05) is 5.32 Å². The number of nitrogens with one attached hydrogen (secondary N) is 1. The summed E-state index contributed by atoms with van der Waals surface area (Å²) in [5.74, 6) is 0.302. The highest BCUT2D eigenvalue weighted by atomic mass is 35.5. The molecule has 0 saturated heterocycles. The Balaban J connectivity index is 1.37. The van der Waals surface area contributed by atoms with Crippen molar-refractivity contribution in [1.82, 2.24) is 14.3 Å². The summed E-state index contributed by atoms with van der Waals surface area (Å²) in [4.78, 5) is 13.1. The van der Waals surface area contributed by atoms with Gasteiger partial charge < -0.3 is 9.88 Å². The maximum Gasteiger partial charge on any atom is 0.256 e. The number of halogens is 2. The Kier molecular flexibility index (Phi) is 6.61. The number of hydrogen-bond acceptors (Lipinski definition) is 2. The SMILES string of the molecule is Cc1c(C)n(Cc2ccccc2)c2ccc(C(=O)Nc3cc(C)n(Cc4ccc(Cl)cc4Cl)n3)cc12. The van der Waals surface area contributed by atoms with E-state index in [0.717, 1.165) is 28.7 Å². The standard InChI is InChI=1S/C29H26Cl2N4O/c1-18-13-28(33-35(18)17-23-9-11-24(30)15-26(23)31)32-29(36)22-10-12-27-25(14-22)19(2)20(3)34(27)16-21-7-5-4-6-8-21/h4-15H,16-17H2,1-3H3,(H,32,33,36). The molecule has 3 aromatic carbocycles. The van der Waals surface area contributed by atoms with Crippen molar-refractivity contribution >= 4 is 45.8 Å². The first-order chi connectivity index (χ1) is 17.3. The van der Waals surface area contributed by atoms with Crippen molar-refractivity contribution in [2.45, 2.75) is 33.9 Å². The van der Waals surface area contributed by atoms with Gasteiger partial charge in [0, 0.05) is 50.5 Å². The van der Waals surface area contributed by atoms with Gasteiger partial charge in [-0.2, -0.15) is 5.10 Å². The lowest BCUT2D eigenvalue weighted by Crippen LogP contribution is -2.13. The Labute approximate surface area is 220 Å². The van der Waals surface area contributed by atoms with Gasteiger partial charge in [-0.05, 0) is 67.8 Å². The number of hydrogen-bond donors (Lipinski definition) is 1. The van der Waals surface area contributed by atoms with Crippen LogP contribution in [-0.4, -0.2) is 20.3 Å². The smallest absolute Gasteiger partial charge is 0.256 e. The fourth-order valence-electron chi connectivity index (χ4n) is 4.49. The molecule has 7 heteroatoms. The van der Waals surface area contributed by atoms with Crippen LogP contribution in [0.15, 0.2) is 72.8 Å². The van der Waals surface area contributed by atoms with Gasteiger partial charge in [-0.15, -0.1) is 0 Å². The minimum Gasteiger partial charge on any atom is -0.340 e. The Bertz CT molecular complexity index is 1580. The van der Waals surface area contributed by atoms with E-state index in [9.17, 15) is 4.79 Å². The van der Waals surface area contributed by atoms with Gasteiger partial charge in [0.15, 0.2) is 5.82 Å². The summed E-state index contributed by atoms with van der Waals surface area (Å²) >= 11 is 12.3. The molecule has 0 saturated carbocycles. The van der Waals surface area contributed by atoms with E-state index in [4.69, 9.17) is 23.2 Å². The highest BCUT2D eigenvalue weighted by Gasteiger charge is 2.16. The molecule has 182 valence electrons. The number of aryl methyl sites for hydroxylation is 2. The molecule has 0 radical (unpaired) electrons. The summed E-state index contributed by atoms with van der Waals surface area (Å²) in [6, 6.07) is 23.5. The topological polar surface area (TPSA) is 51.9 Å². The van der Waals surface area contributed by atoms with E-state index in [1.165, 1.54) is 16.8 Å². The Morgan fingerprint density at radius 3 is 2.44 bits per heavy atom. The first kappa shape index (κ1) is 24.2. The van der Waals surface area contributed by atoms with Crippen LogP contribution in [0.3, 0.4) is 0 Å². The van der Waals surface area contributed by atoms with Crippen molar-refractivity contribution in [3.8, 4) is 0 Å². The highest BCUT2D eigenvalue weighted by molar-refractivity contribution is 6.35. The van der Waals surface area contributed by atoms with Gasteiger partial charge in [0.25, 0.3) is 5.91 Å². The summed E-state index contributed by atoms with van der Waals surface area (Å²) in [5.41, 5.74) is 7.14. The molecular formula is C29H26Cl2N4O. The summed E-state index contributed by atoms with van der Waals surface area (Å²) in [5, 5.41) is 9.76. The van der Waals surface area contributed by atoms with Crippen LogP contribution in [0.25, 0.3) is 10.9 Å². The zero-order chi connectivity index (χ0) is 25.4. The monoisotopic (exact) mass is 516 g/mol. The first-order valence-electron chi connectivity index (χ1n) is 11.7. The number of aromatic nitrogens is 3. The molecule has 0 spiro atoms. The minimum atomic E-state index is -0.195. The van der Waals surface area contributed by atoms with E-state index in [1.54, 1.807) is 12.1 Å². The van der Waals surface area contributed by atoms with Gasteiger partial charge in [0.05, 0.1) is 6.54 Å². The van der Waals surface area contributed by atoms with Gasteiger partial charge in [-0.1, -0.05) is 59.6 Å². The largest absolute Gasteiger partial charge is 0.340 e. The molecule has 0 fully saturated rings. The second kappa shape index (κ2) is 9.84. The van der Waals surface area contributed by atoms with Gasteiger partial charge in [-0.25, -0.2) is 0 Å². The summed E-state index contributed by atoms with van der Waals surface area (Å²) in [7, 11) is 0. The second-order valence-electron chi connectivity index (χ2n) is 9.03. The zero-order valence-electron chi connectivity index (χ0n) is 20.3. The molecule has 2 heterocycles. The maximum atomic E-state index is 13.1. The molecule has 0 aliphatic carbocycles. The summed E-state index contributed by atoms with van der Waals surface area (Å²) < 4.78 is 4.11. The number of rotatable bonds is 6. The summed E-state index contributed by atoms with van der Waals surface area (Å²) in [6.07, 6.45) is 0. The van der Waals surface area contributed by atoms with Crippen LogP contribution < -0.4 is 5.32 Å². The van der Waals surface area contributed by atoms with E-state index < -0.39 is 0 Å². The quantitative estimate of drug-likeness (QED) is 0.255. The molecule has 0 atom stereocenters. The second-order valence-corrected chi connectivity index (χ2v) is 9.88. The number of fused-ring (bicyclic) bond motifs is 1. The lowest BCUT2D eigenvalue weighted by atomic mass is 10.1. The van der Waals surface area contributed by atoms with Crippen LogP contribution >= 0.6 is 23.2 Å². The Morgan fingerprint density at radius 2 is 1.69 bits per heavy atom. The number of carbonyl (C=O) groups is 1. The third kappa shape index (κ3) is 4.77. The van der Waals surface area contributed by atoms with Crippen LogP contribution in [0.1, 0.15) is 38.4 Å². The molecule has 0 unspecified atom stereocenters. The van der Waals surface area contributed by atoms with Crippen LogP contribution in [-0.2, 0) is 13.1 Å². The van der Waals surface area contributed by atoms with Crippen molar-refractivity contribution in [2.24, 2.45) is 0 Å². The molecule has 2 aromatic heterocycles. The molecule has 1 N–H and O–H groups in total. The minimum absolute atomic E-state index is 0.195. The lowest BCUT2D eigenvalue weighted by Gasteiger charge is -2.09. The van der Waals surface area contributed by atoms with Crippen molar-refractivity contribution in [3.63, 3.8) is 0 Å². The van der Waals surface area contributed by atoms with Gasteiger partial charge in [0.1, 0.15) is 0 Å². The molecule has 5 rings (SSSR count). The number of carbonyl (C=O) groups excluding carboxylic acids is 1. The van der Waals surface area contributed by atoms with Gasteiger partial charge in [0.2, 0.25) is 0 Å². The first-order valence-corrected chi connectivity index (χ1v) is 12.5. The third-order valence-corrected chi connectivity index (χ3v) is 7.23. The predicted molar refractivity (Wildman–Crippen MR) is 147 cm³/mol. The van der Waals surface area contributed by atoms with Crippen molar-refractivity contribution < 1.29 is 4.79 Å². The number of nitrogens with zero attached hydrogens (tertiary/aromatic N) is 3. The molecule has 0 aliphatic rings. The van der Waals surface area contributed by atoms with Crippen LogP contribution in [0.2, 0.25) is 10.0 Å². The van der Waals surface area contributed by atoms with E-state index in [2.05, 4.69) is 53.1 Å². The van der Waals surface area contributed by atoms with E-state index in [1.807, 2.05) is 48.0 Å². The molecule has 1 amide bonds. The average Bonchev–Trinajstić information content (AvgIpc) is 3.32. The van der Waals surface area contributed by atoms with Crippen molar-refractivity contribution in [3.05, 3.63) is 116 Å². The molecule has 0 aliphatic heterocycles. The predicted octanol–water partition coefficient (Wildman–Crippen LogP) is 7.42. The van der Waals surface area contributed by atoms with E-state index >= 15 is 0 Å². The normalized spacial score (nSPS) is 11.2. The lowest BCUT2D eigenvalue weighted by molar-refractivity contribution is 0.102. The van der Waals surface area contributed by atoms with E-state index in [0.29, 0.717) is 28.0 Å². The molecule has 36 heavy (non-hydrogen) atoms. The van der Waals surface area contributed by atoms with Crippen LogP contribution in [0.5, 0.6) is 0 Å². The third-order valence-electron chi connectivity index (χ3n) is 6.64. The molecular weight excluding hydrogens is 491 g/mol. The molecule has 5 nitrogen and oxygen atoms in total. The van der Waals surface area contributed by atoms with Crippen LogP contribution in [0, 0.1) is 20.8 Å². The maximum absolute atomic E-state index is 13.1. The number of anilines is 1. The number of benzene rings is 3. The molecule has 5 aromatic rings. The zero-order valence-corrected chi connectivity index (χ0v) is 21.9.